The van der Waals surface area contributed by atoms with Crippen molar-refractivity contribution >= 4 is 17.2 Å². The van der Waals surface area contributed by atoms with Crippen molar-refractivity contribution in [1.82, 2.24) is 19.6 Å². The lowest BCUT2D eigenvalue weighted by Crippen LogP contribution is -2.27. The average molecular weight is 319 g/mol. The molecule has 114 valence electrons. The van der Waals surface area contributed by atoms with E-state index < -0.39 is 12.1 Å². The highest BCUT2D eigenvalue weighted by Gasteiger charge is 2.42. The number of hydrogen-bond acceptors (Lipinski definition) is 3. The SMILES string of the molecule is Cc1nc(Cl)cc2nnc(C3CCC(C(F)(F)F)CC3)n12. The van der Waals surface area contributed by atoms with Crippen LogP contribution in [-0.4, -0.2) is 25.8 Å². The Labute approximate surface area is 124 Å². The van der Waals surface area contributed by atoms with Gasteiger partial charge in [-0.3, -0.25) is 4.40 Å². The Balaban J connectivity index is 1.86. The quantitative estimate of drug-likeness (QED) is 0.748. The monoisotopic (exact) mass is 318 g/mol. The smallest absolute Gasteiger partial charge is 0.266 e. The third-order valence-corrected chi connectivity index (χ3v) is 4.30. The van der Waals surface area contributed by atoms with E-state index in [9.17, 15) is 13.2 Å². The van der Waals surface area contributed by atoms with Crippen molar-refractivity contribution in [3.8, 4) is 0 Å². The van der Waals surface area contributed by atoms with Gasteiger partial charge in [0.05, 0.1) is 5.92 Å². The molecule has 0 spiro atoms. The number of rotatable bonds is 1. The topological polar surface area (TPSA) is 43.1 Å². The molecule has 0 aliphatic heterocycles. The summed E-state index contributed by atoms with van der Waals surface area (Å²) in [4.78, 5) is 4.15. The highest BCUT2D eigenvalue weighted by Crippen LogP contribution is 2.42. The molecule has 1 fully saturated rings. The largest absolute Gasteiger partial charge is 0.391 e. The van der Waals surface area contributed by atoms with Crippen LogP contribution in [0.2, 0.25) is 5.15 Å². The van der Waals surface area contributed by atoms with Crippen LogP contribution in [0.5, 0.6) is 0 Å². The Hall–Kier alpha value is -1.37. The van der Waals surface area contributed by atoms with Crippen LogP contribution in [0.25, 0.3) is 5.65 Å². The summed E-state index contributed by atoms with van der Waals surface area (Å²) in [6.07, 6.45) is -2.88. The number of aromatic nitrogens is 4. The number of alkyl halides is 3. The third-order valence-electron chi connectivity index (χ3n) is 4.11. The highest BCUT2D eigenvalue weighted by atomic mass is 35.5. The standard InChI is InChI=1S/C13H14ClF3N4/c1-7-18-10(14)6-11-19-20-12(21(7)11)8-2-4-9(5-3-8)13(15,16)17/h6,8-9H,2-5H2,1H3. The van der Waals surface area contributed by atoms with Crippen molar-refractivity contribution in [1.29, 1.82) is 0 Å². The third kappa shape index (κ3) is 2.71. The van der Waals surface area contributed by atoms with Crippen molar-refractivity contribution in [2.75, 3.05) is 0 Å². The van der Waals surface area contributed by atoms with Crippen LogP contribution in [0.1, 0.15) is 43.3 Å². The Kier molecular flexibility index (Phi) is 3.55. The molecule has 0 aromatic carbocycles. The summed E-state index contributed by atoms with van der Waals surface area (Å²) < 4.78 is 39.9. The average Bonchev–Trinajstić information content (AvgIpc) is 2.81. The second kappa shape index (κ2) is 5.12. The number of halogens is 4. The second-order valence-corrected chi connectivity index (χ2v) is 5.86. The van der Waals surface area contributed by atoms with E-state index in [1.165, 1.54) is 0 Å². The van der Waals surface area contributed by atoms with Gasteiger partial charge in [-0.15, -0.1) is 10.2 Å². The Morgan fingerprint density at radius 1 is 1.19 bits per heavy atom. The van der Waals surface area contributed by atoms with Crippen molar-refractivity contribution in [3.05, 3.63) is 22.9 Å². The van der Waals surface area contributed by atoms with Gasteiger partial charge in [0, 0.05) is 12.0 Å². The summed E-state index contributed by atoms with van der Waals surface area (Å²) in [6.45, 7) is 1.78. The van der Waals surface area contributed by atoms with Crippen LogP contribution in [0.15, 0.2) is 6.07 Å². The van der Waals surface area contributed by atoms with Crippen molar-refractivity contribution < 1.29 is 13.2 Å². The van der Waals surface area contributed by atoms with Crippen molar-refractivity contribution in [2.45, 2.75) is 44.7 Å². The van der Waals surface area contributed by atoms with E-state index in [-0.39, 0.29) is 18.8 Å². The van der Waals surface area contributed by atoms with Gasteiger partial charge in [-0.05, 0) is 32.6 Å². The predicted octanol–water partition coefficient (Wildman–Crippen LogP) is 3.92. The molecule has 0 N–H and O–H groups in total. The van der Waals surface area contributed by atoms with Crippen molar-refractivity contribution in [2.24, 2.45) is 5.92 Å². The second-order valence-electron chi connectivity index (χ2n) is 5.47. The van der Waals surface area contributed by atoms with Gasteiger partial charge in [-0.1, -0.05) is 11.6 Å². The molecule has 4 nitrogen and oxygen atoms in total. The van der Waals surface area contributed by atoms with Gasteiger partial charge in [0.1, 0.15) is 16.8 Å². The molecule has 0 radical (unpaired) electrons. The molecule has 1 aliphatic rings. The van der Waals surface area contributed by atoms with Crippen LogP contribution in [0.4, 0.5) is 13.2 Å². The molecule has 0 unspecified atom stereocenters. The minimum Gasteiger partial charge on any atom is -0.266 e. The van der Waals surface area contributed by atoms with Gasteiger partial charge < -0.3 is 0 Å². The normalized spacial score (nSPS) is 23.7. The molecule has 3 rings (SSSR count). The molecular formula is C13H14ClF3N4. The zero-order valence-electron chi connectivity index (χ0n) is 11.4. The van der Waals surface area contributed by atoms with Gasteiger partial charge in [0.25, 0.3) is 0 Å². The number of hydrogen-bond donors (Lipinski definition) is 0. The van der Waals surface area contributed by atoms with Gasteiger partial charge in [-0.25, -0.2) is 4.98 Å². The predicted molar refractivity (Wildman–Crippen MR) is 71.3 cm³/mol. The Morgan fingerprint density at radius 2 is 1.86 bits per heavy atom. The van der Waals surface area contributed by atoms with E-state index in [4.69, 9.17) is 11.6 Å². The molecule has 2 aromatic rings. The molecule has 21 heavy (non-hydrogen) atoms. The number of nitrogens with zero attached hydrogens (tertiary/aromatic N) is 4. The lowest BCUT2D eigenvalue weighted by Gasteiger charge is -2.29. The summed E-state index contributed by atoms with van der Waals surface area (Å²) in [6, 6.07) is 1.60. The van der Waals surface area contributed by atoms with Gasteiger partial charge in [-0.2, -0.15) is 13.2 Å². The first-order valence-corrected chi connectivity index (χ1v) is 7.19. The Morgan fingerprint density at radius 3 is 2.48 bits per heavy atom. The first kappa shape index (κ1) is 14.6. The summed E-state index contributed by atoms with van der Waals surface area (Å²) in [5.41, 5.74) is 0.584. The molecule has 0 bridgehead atoms. The lowest BCUT2D eigenvalue weighted by atomic mass is 9.81. The van der Waals surface area contributed by atoms with Crippen LogP contribution in [-0.2, 0) is 0 Å². The fraction of sp³-hybridized carbons (Fsp3) is 0.615. The maximum absolute atomic E-state index is 12.7. The maximum atomic E-state index is 12.7. The molecule has 2 aromatic heterocycles. The number of fused-ring (bicyclic) bond motifs is 1. The molecule has 2 heterocycles. The molecule has 1 saturated carbocycles. The van der Waals surface area contributed by atoms with Crippen molar-refractivity contribution in [3.63, 3.8) is 0 Å². The molecule has 0 saturated heterocycles. The Bertz CT molecular complexity index is 659. The van der Waals surface area contributed by atoms with E-state index >= 15 is 0 Å². The summed E-state index contributed by atoms with van der Waals surface area (Å²) in [5.74, 6) is 0.129. The van der Waals surface area contributed by atoms with E-state index in [1.807, 2.05) is 0 Å². The molecule has 8 heteroatoms. The highest BCUT2D eigenvalue weighted by molar-refractivity contribution is 6.29. The lowest BCUT2D eigenvalue weighted by molar-refractivity contribution is -0.182. The van der Waals surface area contributed by atoms with Gasteiger partial charge in [0.15, 0.2) is 5.65 Å². The zero-order valence-corrected chi connectivity index (χ0v) is 12.1. The summed E-state index contributed by atoms with van der Waals surface area (Å²) >= 11 is 5.87. The van der Waals surface area contributed by atoms with E-state index in [1.54, 1.807) is 17.4 Å². The minimum atomic E-state index is -4.09. The van der Waals surface area contributed by atoms with E-state index in [0.29, 0.717) is 35.3 Å². The minimum absolute atomic E-state index is 0.0136. The fourth-order valence-electron chi connectivity index (χ4n) is 3.02. The van der Waals surface area contributed by atoms with Crippen LogP contribution >= 0.6 is 11.6 Å². The number of aryl methyl sites for hydroxylation is 1. The summed E-state index contributed by atoms with van der Waals surface area (Å²) in [7, 11) is 0. The first-order chi connectivity index (χ1) is 9.86. The van der Waals surface area contributed by atoms with Gasteiger partial charge >= 0.3 is 6.18 Å². The van der Waals surface area contributed by atoms with Crippen LogP contribution < -0.4 is 0 Å². The maximum Gasteiger partial charge on any atom is 0.391 e. The van der Waals surface area contributed by atoms with E-state index in [0.717, 1.165) is 0 Å². The van der Waals surface area contributed by atoms with Crippen LogP contribution in [0.3, 0.4) is 0 Å². The fourth-order valence-corrected chi connectivity index (χ4v) is 3.24. The summed E-state index contributed by atoms with van der Waals surface area (Å²) in [5, 5.41) is 8.52. The molecule has 1 aliphatic carbocycles. The first-order valence-electron chi connectivity index (χ1n) is 6.81. The van der Waals surface area contributed by atoms with E-state index in [2.05, 4.69) is 15.2 Å². The van der Waals surface area contributed by atoms with Gasteiger partial charge in [0.2, 0.25) is 0 Å². The molecular weight excluding hydrogens is 305 g/mol. The molecule has 0 atom stereocenters. The van der Waals surface area contributed by atoms with Crippen LogP contribution in [0, 0.1) is 12.8 Å². The molecule has 0 amide bonds. The zero-order chi connectivity index (χ0) is 15.2.